The van der Waals surface area contributed by atoms with Crippen LogP contribution in [0.1, 0.15) is 35.5 Å². The molecule has 2 aromatic rings. The third-order valence-corrected chi connectivity index (χ3v) is 4.98. The maximum atomic E-state index is 15.0. The van der Waals surface area contributed by atoms with Crippen LogP contribution in [-0.2, 0) is 11.2 Å². The first-order valence-electron chi connectivity index (χ1n) is 10.6. The number of hydrogen-bond donors (Lipinski definition) is 1. The number of halogens is 1. The van der Waals surface area contributed by atoms with Crippen molar-refractivity contribution in [3.05, 3.63) is 71.5 Å². The molecule has 0 aliphatic carbocycles. The number of amides is 1. The fourth-order valence-corrected chi connectivity index (χ4v) is 3.27. The molecule has 2 heterocycles. The molecule has 2 N–H and O–H groups in total. The maximum Gasteiger partial charge on any atom is 0.256 e. The second kappa shape index (κ2) is 10.8. The molecule has 1 amide bonds. The predicted octanol–water partition coefficient (Wildman–Crippen LogP) is 3.13. The summed E-state index contributed by atoms with van der Waals surface area (Å²) in [5, 5.41) is 0. The molecule has 0 spiro atoms. The summed E-state index contributed by atoms with van der Waals surface area (Å²) in [6.45, 7) is 9.56. The molecule has 1 unspecified atom stereocenters. The lowest BCUT2D eigenvalue weighted by Gasteiger charge is -2.27. The van der Waals surface area contributed by atoms with E-state index >= 15 is 0 Å². The van der Waals surface area contributed by atoms with Gasteiger partial charge >= 0.3 is 0 Å². The minimum Gasteiger partial charge on any atom is -0.378 e. The smallest absolute Gasteiger partial charge is 0.256 e. The number of aryl methyl sites for hydroxylation is 1. The Morgan fingerprint density at radius 3 is 2.78 bits per heavy atom. The monoisotopic (exact) mass is 434 g/mol. The highest BCUT2D eigenvalue weighted by Gasteiger charge is 2.22. The first-order valence-corrected chi connectivity index (χ1v) is 10.6. The van der Waals surface area contributed by atoms with Crippen LogP contribution in [0.2, 0.25) is 0 Å². The fraction of sp³-hybridized carbons (Fsp3) is 0.320. The zero-order valence-electron chi connectivity index (χ0n) is 18.4. The van der Waals surface area contributed by atoms with Crippen molar-refractivity contribution < 1.29 is 13.9 Å². The molecule has 1 atom stereocenters. The van der Waals surface area contributed by atoms with Crippen molar-refractivity contribution in [3.8, 4) is 23.1 Å². The molecule has 7 heteroatoms. The highest BCUT2D eigenvalue weighted by Crippen LogP contribution is 2.25. The van der Waals surface area contributed by atoms with Gasteiger partial charge in [-0.25, -0.2) is 14.4 Å². The number of hydrogen-bond acceptors (Lipinski definition) is 5. The van der Waals surface area contributed by atoms with E-state index in [-0.39, 0.29) is 17.5 Å². The standard InChI is InChI=1S/C25H27FN4O2/c1-4-23-21(9-6-17(2)5-7-18(3)27)24(29-16-28-23)19-8-10-20(22(26)15-19)25(31)30-11-13-32-14-12-30/h5,7-8,10,15-16,18H,2,4,11-14,27H2,1,3H3/b7-5-. The fourth-order valence-electron chi connectivity index (χ4n) is 3.27. The highest BCUT2D eigenvalue weighted by atomic mass is 19.1. The number of carbonyl (C=O) groups is 1. The number of allylic oxidation sites excluding steroid dienone is 2. The van der Waals surface area contributed by atoms with E-state index in [1.165, 1.54) is 18.5 Å². The van der Waals surface area contributed by atoms with Gasteiger partial charge in [0.25, 0.3) is 5.91 Å². The van der Waals surface area contributed by atoms with Gasteiger partial charge in [0.1, 0.15) is 12.1 Å². The molecule has 6 nitrogen and oxygen atoms in total. The molecule has 1 aliphatic heterocycles. The van der Waals surface area contributed by atoms with Gasteiger partial charge in [-0.3, -0.25) is 4.79 Å². The minimum absolute atomic E-state index is 0.0301. The lowest BCUT2D eigenvalue weighted by atomic mass is 10.0. The first-order chi connectivity index (χ1) is 15.4. The number of nitrogens with two attached hydrogens (primary N) is 1. The third kappa shape index (κ3) is 5.67. The minimum atomic E-state index is -0.598. The Morgan fingerprint density at radius 2 is 2.12 bits per heavy atom. The molecule has 1 aliphatic rings. The summed E-state index contributed by atoms with van der Waals surface area (Å²) in [5.74, 6) is 5.14. The van der Waals surface area contributed by atoms with Gasteiger partial charge in [-0.05, 0) is 31.6 Å². The van der Waals surface area contributed by atoms with E-state index in [1.54, 1.807) is 23.1 Å². The van der Waals surface area contributed by atoms with Gasteiger partial charge in [0.2, 0.25) is 0 Å². The molecule has 3 rings (SSSR count). The summed E-state index contributed by atoms with van der Waals surface area (Å²) >= 11 is 0. The van der Waals surface area contributed by atoms with Crippen molar-refractivity contribution in [1.82, 2.24) is 14.9 Å². The summed E-state index contributed by atoms with van der Waals surface area (Å²) in [6, 6.07) is 4.41. The van der Waals surface area contributed by atoms with Crippen LogP contribution in [0.15, 0.2) is 48.8 Å². The molecule has 1 aromatic heterocycles. The molecule has 0 radical (unpaired) electrons. The summed E-state index contributed by atoms with van der Waals surface area (Å²) in [7, 11) is 0. The molecule has 0 saturated carbocycles. The number of benzene rings is 1. The van der Waals surface area contributed by atoms with E-state index in [1.807, 2.05) is 13.8 Å². The number of nitrogens with zero attached hydrogens (tertiary/aromatic N) is 3. The second-order valence-corrected chi connectivity index (χ2v) is 7.49. The number of morpholine rings is 1. The summed E-state index contributed by atoms with van der Waals surface area (Å²) in [5.41, 5.74) is 8.75. The Morgan fingerprint density at radius 1 is 1.38 bits per heavy atom. The van der Waals surface area contributed by atoms with Crippen LogP contribution in [0.4, 0.5) is 4.39 Å². The van der Waals surface area contributed by atoms with E-state index in [4.69, 9.17) is 10.5 Å². The van der Waals surface area contributed by atoms with Crippen molar-refractivity contribution in [2.45, 2.75) is 26.3 Å². The first kappa shape index (κ1) is 23.3. The van der Waals surface area contributed by atoms with E-state index in [0.29, 0.717) is 55.1 Å². The van der Waals surface area contributed by atoms with E-state index < -0.39 is 5.82 Å². The zero-order valence-corrected chi connectivity index (χ0v) is 18.4. The van der Waals surface area contributed by atoms with Crippen LogP contribution in [0, 0.1) is 17.7 Å². The Bertz CT molecular complexity index is 1090. The van der Waals surface area contributed by atoms with Gasteiger partial charge in [0.15, 0.2) is 0 Å². The quantitative estimate of drug-likeness (QED) is 0.578. The van der Waals surface area contributed by atoms with Gasteiger partial charge in [-0.15, -0.1) is 0 Å². The molecule has 1 fully saturated rings. The largest absolute Gasteiger partial charge is 0.378 e. The Balaban J connectivity index is 1.95. The average Bonchev–Trinajstić information content (AvgIpc) is 2.81. The van der Waals surface area contributed by atoms with Crippen molar-refractivity contribution >= 4 is 5.91 Å². The lowest BCUT2D eigenvalue weighted by Crippen LogP contribution is -2.41. The van der Waals surface area contributed by atoms with Crippen LogP contribution in [-0.4, -0.2) is 53.1 Å². The summed E-state index contributed by atoms with van der Waals surface area (Å²) < 4.78 is 20.2. The van der Waals surface area contributed by atoms with Crippen LogP contribution >= 0.6 is 0 Å². The van der Waals surface area contributed by atoms with E-state index in [9.17, 15) is 9.18 Å². The van der Waals surface area contributed by atoms with Gasteiger partial charge < -0.3 is 15.4 Å². The lowest BCUT2D eigenvalue weighted by molar-refractivity contribution is 0.0300. The molecule has 32 heavy (non-hydrogen) atoms. The number of aromatic nitrogens is 2. The van der Waals surface area contributed by atoms with Gasteiger partial charge in [-0.2, -0.15) is 0 Å². The van der Waals surface area contributed by atoms with Gasteiger partial charge in [0, 0.05) is 30.3 Å². The van der Waals surface area contributed by atoms with Crippen LogP contribution in [0.25, 0.3) is 11.3 Å². The maximum absolute atomic E-state index is 15.0. The highest BCUT2D eigenvalue weighted by molar-refractivity contribution is 5.95. The molecular weight excluding hydrogens is 407 g/mol. The van der Waals surface area contributed by atoms with Crippen LogP contribution in [0.3, 0.4) is 0 Å². The van der Waals surface area contributed by atoms with Gasteiger partial charge in [0.05, 0.1) is 35.7 Å². The SMILES string of the molecule is C=C(C#Cc1c(CC)ncnc1-c1ccc(C(=O)N2CCOCC2)c(F)c1)/C=C\C(C)N. The van der Waals surface area contributed by atoms with Crippen molar-refractivity contribution in [2.75, 3.05) is 26.3 Å². The van der Waals surface area contributed by atoms with Crippen molar-refractivity contribution in [1.29, 1.82) is 0 Å². The average molecular weight is 435 g/mol. The molecule has 0 bridgehead atoms. The Hall–Kier alpha value is -3.34. The Kier molecular flexibility index (Phi) is 7.87. The Labute approximate surface area is 188 Å². The van der Waals surface area contributed by atoms with E-state index in [0.717, 1.165) is 5.69 Å². The molecule has 166 valence electrons. The predicted molar refractivity (Wildman–Crippen MR) is 122 cm³/mol. The summed E-state index contributed by atoms with van der Waals surface area (Å²) in [4.78, 5) is 22.9. The van der Waals surface area contributed by atoms with Gasteiger partial charge in [-0.1, -0.05) is 37.5 Å². The van der Waals surface area contributed by atoms with Crippen LogP contribution in [0.5, 0.6) is 0 Å². The zero-order chi connectivity index (χ0) is 23.1. The number of ether oxygens (including phenoxy) is 1. The molecular formula is C25H27FN4O2. The van der Waals surface area contributed by atoms with Crippen molar-refractivity contribution in [2.24, 2.45) is 5.73 Å². The molecule has 1 aromatic carbocycles. The third-order valence-electron chi connectivity index (χ3n) is 4.98. The van der Waals surface area contributed by atoms with E-state index in [2.05, 4.69) is 28.4 Å². The normalized spacial score (nSPS) is 14.7. The van der Waals surface area contributed by atoms with Crippen LogP contribution < -0.4 is 5.73 Å². The van der Waals surface area contributed by atoms with Crippen molar-refractivity contribution in [3.63, 3.8) is 0 Å². The second-order valence-electron chi connectivity index (χ2n) is 7.49. The summed E-state index contributed by atoms with van der Waals surface area (Å²) in [6.07, 6.45) is 5.64. The molecule has 1 saturated heterocycles. The number of rotatable bonds is 5. The topological polar surface area (TPSA) is 81.3 Å². The number of carbonyl (C=O) groups excluding carboxylic acids is 1.